The van der Waals surface area contributed by atoms with E-state index in [1.54, 1.807) is 24.3 Å². The minimum Gasteiger partial charge on any atom is -0.494 e. The van der Waals surface area contributed by atoms with E-state index >= 15 is 0 Å². The van der Waals surface area contributed by atoms with Crippen LogP contribution in [0, 0.1) is 5.82 Å². The Morgan fingerprint density at radius 1 is 1.10 bits per heavy atom. The van der Waals surface area contributed by atoms with Gasteiger partial charge in [-0.3, -0.25) is 0 Å². The first-order chi connectivity index (χ1) is 9.52. The van der Waals surface area contributed by atoms with Crippen molar-refractivity contribution in [2.45, 2.75) is 6.54 Å². The first kappa shape index (κ1) is 15.2. The molecule has 0 aliphatic carbocycles. The minimum atomic E-state index is -0.444. The van der Waals surface area contributed by atoms with Crippen molar-refractivity contribution in [2.75, 3.05) is 12.4 Å². The summed E-state index contributed by atoms with van der Waals surface area (Å²) in [6, 6.07) is 7.88. The highest BCUT2D eigenvalue weighted by atomic mass is 35.5. The van der Waals surface area contributed by atoms with Gasteiger partial charge in [0.05, 0.1) is 17.2 Å². The lowest BCUT2D eigenvalue weighted by Gasteiger charge is -2.11. The topological polar surface area (TPSA) is 21.3 Å². The van der Waals surface area contributed by atoms with Gasteiger partial charge in [0, 0.05) is 28.9 Å². The van der Waals surface area contributed by atoms with Crippen LogP contribution in [0.25, 0.3) is 0 Å². The van der Waals surface area contributed by atoms with Crippen LogP contribution in [0.4, 0.5) is 10.1 Å². The molecule has 0 fully saturated rings. The third-order valence-corrected chi connectivity index (χ3v) is 3.96. The van der Waals surface area contributed by atoms with E-state index in [0.717, 1.165) is 0 Å². The molecule has 1 N–H and O–H groups in total. The maximum atomic E-state index is 13.6. The third kappa shape index (κ3) is 3.29. The second-order valence-corrected chi connectivity index (χ2v) is 5.22. The van der Waals surface area contributed by atoms with Crippen LogP contribution in [0.15, 0.2) is 30.3 Å². The monoisotopic (exact) mass is 333 g/mol. The molecule has 2 aromatic rings. The molecule has 6 heteroatoms. The van der Waals surface area contributed by atoms with Gasteiger partial charge in [-0.1, -0.05) is 34.8 Å². The predicted octanol–water partition coefficient (Wildman–Crippen LogP) is 5.41. The average Bonchev–Trinajstić information content (AvgIpc) is 2.43. The summed E-state index contributed by atoms with van der Waals surface area (Å²) in [4.78, 5) is 0. The van der Waals surface area contributed by atoms with Gasteiger partial charge in [0.15, 0.2) is 11.6 Å². The Labute approximate surface area is 131 Å². The van der Waals surface area contributed by atoms with Crippen molar-refractivity contribution in [3.63, 3.8) is 0 Å². The van der Waals surface area contributed by atoms with Crippen LogP contribution in [0.1, 0.15) is 5.56 Å². The fourth-order valence-electron chi connectivity index (χ4n) is 1.70. The van der Waals surface area contributed by atoms with Crippen molar-refractivity contribution in [1.29, 1.82) is 0 Å². The summed E-state index contributed by atoms with van der Waals surface area (Å²) in [5.41, 5.74) is 1.26. The maximum Gasteiger partial charge on any atom is 0.167 e. The zero-order valence-corrected chi connectivity index (χ0v) is 12.8. The normalized spacial score (nSPS) is 10.4. The maximum absolute atomic E-state index is 13.6. The van der Waals surface area contributed by atoms with Gasteiger partial charge >= 0.3 is 0 Å². The Bertz CT molecular complexity index is 634. The molecular formula is C14H11Cl3FNO. The number of hydrogen-bond donors (Lipinski definition) is 1. The van der Waals surface area contributed by atoms with E-state index in [0.29, 0.717) is 32.9 Å². The highest BCUT2D eigenvalue weighted by Crippen LogP contribution is 2.32. The van der Waals surface area contributed by atoms with Crippen LogP contribution in [-0.2, 0) is 6.54 Å². The summed E-state index contributed by atoms with van der Waals surface area (Å²) >= 11 is 18.1. The van der Waals surface area contributed by atoms with Crippen LogP contribution in [0.5, 0.6) is 5.75 Å². The van der Waals surface area contributed by atoms with E-state index in [1.165, 1.54) is 13.2 Å². The van der Waals surface area contributed by atoms with E-state index in [2.05, 4.69) is 5.32 Å². The number of methoxy groups -OCH3 is 1. The highest BCUT2D eigenvalue weighted by Gasteiger charge is 2.10. The Kier molecular flexibility index (Phi) is 4.97. The highest BCUT2D eigenvalue weighted by molar-refractivity contribution is 6.44. The van der Waals surface area contributed by atoms with E-state index in [9.17, 15) is 4.39 Å². The molecule has 0 saturated heterocycles. The molecule has 0 aromatic heterocycles. The summed E-state index contributed by atoms with van der Waals surface area (Å²) < 4.78 is 18.4. The number of ether oxygens (including phenoxy) is 1. The average molecular weight is 335 g/mol. The molecule has 0 aliphatic heterocycles. The van der Waals surface area contributed by atoms with Gasteiger partial charge in [-0.05, 0) is 24.3 Å². The van der Waals surface area contributed by atoms with Crippen LogP contribution in [0.3, 0.4) is 0 Å². The number of nitrogens with one attached hydrogen (secondary N) is 1. The van der Waals surface area contributed by atoms with Gasteiger partial charge in [-0.15, -0.1) is 0 Å². The molecule has 0 spiro atoms. The molecule has 0 saturated carbocycles. The van der Waals surface area contributed by atoms with E-state index < -0.39 is 5.82 Å². The van der Waals surface area contributed by atoms with Crippen molar-refractivity contribution in [2.24, 2.45) is 0 Å². The number of benzene rings is 2. The van der Waals surface area contributed by atoms with Gasteiger partial charge in [0.1, 0.15) is 0 Å². The smallest absolute Gasteiger partial charge is 0.167 e. The van der Waals surface area contributed by atoms with Crippen molar-refractivity contribution in [3.05, 3.63) is 56.8 Å². The minimum absolute atomic E-state index is 0.189. The molecule has 0 radical (unpaired) electrons. The quantitative estimate of drug-likeness (QED) is 0.755. The first-order valence-electron chi connectivity index (χ1n) is 5.72. The van der Waals surface area contributed by atoms with Crippen LogP contribution >= 0.6 is 34.8 Å². The standard InChI is InChI=1S/C14H11Cl3FNO/c1-20-13-5-2-8(6-12(13)18)19-7-9-10(15)3-4-11(16)14(9)17/h2-6,19H,7H2,1H3. The number of halogens is 4. The van der Waals surface area contributed by atoms with Gasteiger partial charge in [-0.25, -0.2) is 4.39 Å². The molecule has 0 aliphatic rings. The van der Waals surface area contributed by atoms with E-state index in [4.69, 9.17) is 39.5 Å². The number of hydrogen-bond acceptors (Lipinski definition) is 2. The van der Waals surface area contributed by atoms with Gasteiger partial charge in [-0.2, -0.15) is 0 Å². The molecule has 0 bridgehead atoms. The molecule has 20 heavy (non-hydrogen) atoms. The van der Waals surface area contributed by atoms with E-state index in [-0.39, 0.29) is 5.75 Å². The molecule has 2 rings (SSSR count). The molecule has 0 atom stereocenters. The largest absolute Gasteiger partial charge is 0.494 e. The summed E-state index contributed by atoms with van der Waals surface area (Å²) in [6.45, 7) is 0.337. The van der Waals surface area contributed by atoms with Crippen molar-refractivity contribution in [3.8, 4) is 5.75 Å². The third-order valence-electron chi connectivity index (χ3n) is 2.76. The fraction of sp³-hybridized carbons (Fsp3) is 0.143. The number of rotatable bonds is 4. The van der Waals surface area contributed by atoms with Crippen LogP contribution in [-0.4, -0.2) is 7.11 Å². The van der Waals surface area contributed by atoms with Gasteiger partial charge in [0.25, 0.3) is 0 Å². The molecule has 0 amide bonds. The Morgan fingerprint density at radius 2 is 1.80 bits per heavy atom. The molecular weight excluding hydrogens is 324 g/mol. The summed E-state index contributed by atoms with van der Waals surface area (Å²) in [5.74, 6) is -0.254. The lowest BCUT2D eigenvalue weighted by atomic mass is 10.2. The van der Waals surface area contributed by atoms with Gasteiger partial charge in [0.2, 0.25) is 0 Å². The van der Waals surface area contributed by atoms with Crippen molar-refractivity contribution < 1.29 is 9.13 Å². The zero-order chi connectivity index (χ0) is 14.7. The fourth-order valence-corrected chi connectivity index (χ4v) is 2.38. The number of anilines is 1. The summed E-state index contributed by atoms with van der Waals surface area (Å²) in [6.07, 6.45) is 0. The summed E-state index contributed by atoms with van der Waals surface area (Å²) in [7, 11) is 1.41. The molecule has 0 heterocycles. The SMILES string of the molecule is COc1ccc(NCc2c(Cl)ccc(Cl)c2Cl)cc1F. The lowest BCUT2D eigenvalue weighted by molar-refractivity contribution is 0.386. The Balaban J connectivity index is 2.17. The molecule has 106 valence electrons. The zero-order valence-electron chi connectivity index (χ0n) is 10.5. The molecule has 2 aromatic carbocycles. The summed E-state index contributed by atoms with van der Waals surface area (Å²) in [5, 5.41) is 4.35. The second kappa shape index (κ2) is 6.53. The van der Waals surface area contributed by atoms with Crippen molar-refractivity contribution >= 4 is 40.5 Å². The lowest BCUT2D eigenvalue weighted by Crippen LogP contribution is -2.02. The first-order valence-corrected chi connectivity index (χ1v) is 6.86. The van der Waals surface area contributed by atoms with Gasteiger partial charge < -0.3 is 10.1 Å². The predicted molar refractivity (Wildman–Crippen MR) is 81.8 cm³/mol. The van der Waals surface area contributed by atoms with Crippen molar-refractivity contribution in [1.82, 2.24) is 0 Å². The molecule has 0 unspecified atom stereocenters. The Hall–Kier alpha value is -1.16. The van der Waals surface area contributed by atoms with E-state index in [1.807, 2.05) is 0 Å². The van der Waals surface area contributed by atoms with Crippen LogP contribution in [0.2, 0.25) is 15.1 Å². The molecule has 2 nitrogen and oxygen atoms in total. The van der Waals surface area contributed by atoms with Crippen LogP contribution < -0.4 is 10.1 Å². The second-order valence-electron chi connectivity index (χ2n) is 4.02. The Morgan fingerprint density at radius 3 is 2.45 bits per heavy atom.